The SMILES string of the molecule is CCCCCCCc1ccc(-c2cn(N=Cc3ccccc3)c(N=Nc3nc(-c4ccc(CCCCCCC)cc4)cn3N=Cc3ccccc3)n2)cc1. The van der Waals surface area contributed by atoms with Crippen molar-refractivity contribution in [2.45, 2.75) is 90.9 Å². The van der Waals surface area contributed by atoms with Crippen LogP contribution in [0.5, 0.6) is 0 Å². The Balaban J connectivity index is 1.27. The summed E-state index contributed by atoms with van der Waals surface area (Å²) in [6.45, 7) is 4.51. The number of imidazole rings is 2. The van der Waals surface area contributed by atoms with Gasteiger partial charge in [-0.1, -0.05) is 174 Å². The van der Waals surface area contributed by atoms with Gasteiger partial charge in [0.15, 0.2) is 0 Å². The lowest BCUT2D eigenvalue weighted by Crippen LogP contribution is -1.90. The number of nitrogens with zero attached hydrogens (tertiary/aromatic N) is 8. The highest BCUT2D eigenvalue weighted by Crippen LogP contribution is 2.28. The number of hydrogen-bond donors (Lipinski definition) is 0. The lowest BCUT2D eigenvalue weighted by molar-refractivity contribution is 0.632. The van der Waals surface area contributed by atoms with Gasteiger partial charge in [0.2, 0.25) is 0 Å². The molecule has 0 atom stereocenters. The molecule has 8 heteroatoms. The van der Waals surface area contributed by atoms with Gasteiger partial charge in [0.25, 0.3) is 11.9 Å². The summed E-state index contributed by atoms with van der Waals surface area (Å²) in [5.41, 5.74) is 8.14. The fraction of sp³-hybridized carbons (Fsp3) is 0.304. The third kappa shape index (κ3) is 11.4. The molecule has 0 radical (unpaired) electrons. The van der Waals surface area contributed by atoms with Crippen molar-refractivity contribution in [3.8, 4) is 22.5 Å². The van der Waals surface area contributed by atoms with Gasteiger partial charge in [-0.2, -0.15) is 10.2 Å². The summed E-state index contributed by atoms with van der Waals surface area (Å²) in [7, 11) is 0. The number of aromatic nitrogens is 4. The topological polar surface area (TPSA) is 85.1 Å². The van der Waals surface area contributed by atoms with Crippen LogP contribution in [0.3, 0.4) is 0 Å². The smallest absolute Gasteiger partial charge is 0.208 e. The second kappa shape index (κ2) is 20.5. The zero-order valence-electron chi connectivity index (χ0n) is 31.8. The molecular formula is C46H52N8. The Kier molecular flexibility index (Phi) is 14.4. The minimum Gasteiger partial charge on any atom is -0.208 e. The van der Waals surface area contributed by atoms with Crippen molar-refractivity contribution in [3.63, 3.8) is 0 Å². The van der Waals surface area contributed by atoms with Gasteiger partial charge in [0, 0.05) is 11.1 Å². The van der Waals surface area contributed by atoms with Crippen molar-refractivity contribution in [2.24, 2.45) is 20.4 Å². The van der Waals surface area contributed by atoms with Crippen LogP contribution < -0.4 is 0 Å². The van der Waals surface area contributed by atoms with Gasteiger partial charge in [-0.3, -0.25) is 0 Å². The van der Waals surface area contributed by atoms with Crippen LogP contribution in [0.25, 0.3) is 22.5 Å². The van der Waals surface area contributed by atoms with Crippen molar-refractivity contribution >= 4 is 24.3 Å². The molecule has 0 fully saturated rings. The monoisotopic (exact) mass is 716 g/mol. The van der Waals surface area contributed by atoms with Gasteiger partial charge >= 0.3 is 0 Å². The first-order valence-corrected chi connectivity index (χ1v) is 19.7. The maximum Gasteiger partial charge on any atom is 0.270 e. The fourth-order valence-corrected chi connectivity index (χ4v) is 6.28. The van der Waals surface area contributed by atoms with Crippen LogP contribution in [0.2, 0.25) is 0 Å². The molecule has 0 aliphatic carbocycles. The number of benzene rings is 4. The first-order valence-electron chi connectivity index (χ1n) is 19.7. The number of aryl methyl sites for hydroxylation is 2. The summed E-state index contributed by atoms with van der Waals surface area (Å²) < 4.78 is 3.33. The Labute approximate surface area is 320 Å². The van der Waals surface area contributed by atoms with E-state index in [1.165, 1.54) is 75.3 Å². The number of azo groups is 1. The first-order chi connectivity index (χ1) is 26.7. The van der Waals surface area contributed by atoms with E-state index >= 15 is 0 Å². The normalized spacial score (nSPS) is 11.8. The highest BCUT2D eigenvalue weighted by atomic mass is 15.5. The molecule has 54 heavy (non-hydrogen) atoms. The summed E-state index contributed by atoms with van der Waals surface area (Å²) in [5, 5.41) is 18.7. The molecule has 4 aromatic carbocycles. The predicted octanol–water partition coefficient (Wildman–Crippen LogP) is 12.6. The lowest BCUT2D eigenvalue weighted by Gasteiger charge is -2.03. The van der Waals surface area contributed by atoms with Gasteiger partial charge in [0.05, 0.1) is 36.2 Å². The second-order valence-electron chi connectivity index (χ2n) is 13.8. The summed E-state index contributed by atoms with van der Waals surface area (Å²) >= 11 is 0. The van der Waals surface area contributed by atoms with E-state index in [2.05, 4.69) is 72.6 Å². The quantitative estimate of drug-likeness (QED) is 0.0447. The predicted molar refractivity (Wildman–Crippen MR) is 223 cm³/mol. The molecule has 0 saturated carbocycles. The molecule has 0 spiro atoms. The summed E-state index contributed by atoms with van der Waals surface area (Å²) in [5.74, 6) is 0.673. The van der Waals surface area contributed by atoms with Crippen LogP contribution in [0.4, 0.5) is 11.9 Å². The largest absolute Gasteiger partial charge is 0.270 e. The second-order valence-corrected chi connectivity index (χ2v) is 13.8. The van der Waals surface area contributed by atoms with E-state index in [0.717, 1.165) is 46.5 Å². The highest BCUT2D eigenvalue weighted by Gasteiger charge is 2.13. The van der Waals surface area contributed by atoms with Gasteiger partial charge in [-0.15, -0.1) is 10.2 Å². The number of hydrogen-bond acceptors (Lipinski definition) is 6. The molecule has 276 valence electrons. The molecule has 0 aliphatic rings. The molecule has 2 heterocycles. The van der Waals surface area contributed by atoms with E-state index in [1.807, 2.05) is 73.1 Å². The Hall–Kier alpha value is -5.76. The third-order valence-electron chi connectivity index (χ3n) is 9.47. The molecular weight excluding hydrogens is 665 g/mol. The Morgan fingerprint density at radius 1 is 0.463 bits per heavy atom. The van der Waals surface area contributed by atoms with Crippen LogP contribution in [0.15, 0.2) is 142 Å². The number of unbranched alkanes of at least 4 members (excludes halogenated alkanes) is 8. The molecule has 0 unspecified atom stereocenters. The number of rotatable bonds is 20. The summed E-state index contributed by atoms with van der Waals surface area (Å²) in [6, 6.07) is 37.3. The van der Waals surface area contributed by atoms with Gasteiger partial charge in [0.1, 0.15) is 0 Å². The van der Waals surface area contributed by atoms with E-state index in [1.54, 1.807) is 21.8 Å². The minimum atomic E-state index is 0.337. The average Bonchev–Trinajstić information content (AvgIpc) is 3.83. The maximum absolute atomic E-state index is 4.89. The van der Waals surface area contributed by atoms with Crippen molar-refractivity contribution in [1.29, 1.82) is 0 Å². The van der Waals surface area contributed by atoms with E-state index in [4.69, 9.17) is 20.2 Å². The third-order valence-corrected chi connectivity index (χ3v) is 9.47. The van der Waals surface area contributed by atoms with E-state index < -0.39 is 0 Å². The van der Waals surface area contributed by atoms with E-state index in [9.17, 15) is 0 Å². The Morgan fingerprint density at radius 3 is 1.24 bits per heavy atom. The molecule has 0 saturated heterocycles. The van der Waals surface area contributed by atoms with Crippen LogP contribution in [-0.4, -0.2) is 31.7 Å². The molecule has 0 N–H and O–H groups in total. The first kappa shape index (κ1) is 38.0. The molecule has 8 nitrogen and oxygen atoms in total. The van der Waals surface area contributed by atoms with Crippen LogP contribution in [0.1, 0.15) is 100 Å². The maximum atomic E-state index is 4.89. The molecule has 0 amide bonds. The standard InChI is InChI=1S/C46H52N8/c1-3-5-7-9-13-19-37-25-29-41(30-26-37)43-35-53(47-33-39-21-15-11-16-22-39)45(49-43)51-52-46-50-44(36-54(46)48-34-40-23-17-12-18-24-40)42-31-27-38(28-32-42)20-14-10-8-6-4-2/h11-12,15-18,21-36H,3-10,13-14,19-20H2,1-2H3. The van der Waals surface area contributed by atoms with Crippen molar-refractivity contribution in [2.75, 3.05) is 0 Å². The Morgan fingerprint density at radius 2 is 0.852 bits per heavy atom. The van der Waals surface area contributed by atoms with Crippen LogP contribution in [-0.2, 0) is 12.8 Å². The fourth-order valence-electron chi connectivity index (χ4n) is 6.28. The molecule has 6 aromatic rings. The molecule has 0 bridgehead atoms. The highest BCUT2D eigenvalue weighted by molar-refractivity contribution is 5.80. The van der Waals surface area contributed by atoms with E-state index in [0.29, 0.717) is 11.9 Å². The van der Waals surface area contributed by atoms with Gasteiger partial charge < -0.3 is 0 Å². The van der Waals surface area contributed by atoms with Crippen molar-refractivity contribution in [3.05, 3.63) is 144 Å². The summed E-state index contributed by atoms with van der Waals surface area (Å²) in [6.07, 6.45) is 22.3. The Bertz CT molecular complexity index is 1920. The van der Waals surface area contributed by atoms with Crippen molar-refractivity contribution in [1.82, 2.24) is 19.3 Å². The van der Waals surface area contributed by atoms with Gasteiger partial charge in [-0.25, -0.2) is 19.3 Å². The van der Waals surface area contributed by atoms with Crippen LogP contribution in [0, 0.1) is 0 Å². The molecule has 6 rings (SSSR count). The molecule has 2 aromatic heterocycles. The van der Waals surface area contributed by atoms with Crippen LogP contribution >= 0.6 is 0 Å². The lowest BCUT2D eigenvalue weighted by atomic mass is 10.0. The zero-order chi connectivity index (χ0) is 37.2. The zero-order valence-corrected chi connectivity index (χ0v) is 31.8. The van der Waals surface area contributed by atoms with Gasteiger partial charge in [-0.05, 0) is 47.9 Å². The minimum absolute atomic E-state index is 0.337. The van der Waals surface area contributed by atoms with E-state index in [-0.39, 0.29) is 0 Å². The van der Waals surface area contributed by atoms with Crippen molar-refractivity contribution < 1.29 is 0 Å². The average molecular weight is 717 g/mol. The molecule has 0 aliphatic heterocycles. The summed E-state index contributed by atoms with van der Waals surface area (Å²) in [4.78, 5) is 9.77.